The van der Waals surface area contributed by atoms with Crippen LogP contribution in [0.5, 0.6) is 0 Å². The lowest BCUT2D eigenvalue weighted by Gasteiger charge is -2.03. The number of furan rings is 1. The van der Waals surface area contributed by atoms with E-state index in [1.54, 1.807) is 30.3 Å². The van der Waals surface area contributed by atoms with E-state index in [9.17, 15) is 9.59 Å². The van der Waals surface area contributed by atoms with Gasteiger partial charge in [0.15, 0.2) is 10.9 Å². The van der Waals surface area contributed by atoms with Crippen molar-refractivity contribution in [1.29, 1.82) is 0 Å². The number of nitrogens with zero attached hydrogens (tertiary/aromatic N) is 2. The minimum Gasteiger partial charge on any atom is -0.463 e. The quantitative estimate of drug-likeness (QED) is 0.505. The maximum Gasteiger partial charge on any atom is 0.257 e. The van der Waals surface area contributed by atoms with Crippen LogP contribution < -0.4 is 5.32 Å². The molecular weight excluding hydrogens is 374 g/mol. The maximum absolute atomic E-state index is 13.2. The van der Waals surface area contributed by atoms with Crippen LogP contribution in [-0.4, -0.2) is 21.7 Å². The number of hydrogen-bond acceptors (Lipinski definition) is 6. The molecule has 0 aliphatic heterocycles. The SMILES string of the molecule is Cc1ccccc1C(=O)c1sc(NC(=O)c2ccncc2)nc1-c1ccco1. The fourth-order valence-corrected chi connectivity index (χ4v) is 3.65. The zero-order valence-corrected chi connectivity index (χ0v) is 15.7. The van der Waals surface area contributed by atoms with E-state index in [0.29, 0.717) is 32.6 Å². The van der Waals surface area contributed by atoms with Gasteiger partial charge in [-0.25, -0.2) is 4.98 Å². The zero-order chi connectivity index (χ0) is 19.5. The lowest BCUT2D eigenvalue weighted by atomic mass is 10.0. The molecule has 4 rings (SSSR count). The molecule has 0 unspecified atom stereocenters. The predicted molar refractivity (Wildman–Crippen MR) is 107 cm³/mol. The molecule has 4 aromatic rings. The molecule has 3 heterocycles. The van der Waals surface area contributed by atoms with Crippen LogP contribution >= 0.6 is 11.3 Å². The van der Waals surface area contributed by atoms with Gasteiger partial charge in [0.1, 0.15) is 10.6 Å². The van der Waals surface area contributed by atoms with E-state index < -0.39 is 0 Å². The van der Waals surface area contributed by atoms with Crippen LogP contribution in [0.2, 0.25) is 0 Å². The molecule has 6 nitrogen and oxygen atoms in total. The van der Waals surface area contributed by atoms with Gasteiger partial charge in [0.2, 0.25) is 5.78 Å². The molecule has 0 aliphatic carbocycles. The van der Waals surface area contributed by atoms with Crippen molar-refractivity contribution in [3.63, 3.8) is 0 Å². The second-order valence-corrected chi connectivity index (χ2v) is 7.01. The van der Waals surface area contributed by atoms with Gasteiger partial charge in [-0.05, 0) is 36.8 Å². The highest BCUT2D eigenvalue weighted by Gasteiger charge is 2.24. The van der Waals surface area contributed by atoms with Crippen molar-refractivity contribution in [2.24, 2.45) is 0 Å². The van der Waals surface area contributed by atoms with Crippen LogP contribution in [0, 0.1) is 6.92 Å². The van der Waals surface area contributed by atoms with Crippen LogP contribution in [-0.2, 0) is 0 Å². The Morgan fingerprint density at radius 3 is 2.54 bits per heavy atom. The second-order valence-electron chi connectivity index (χ2n) is 6.01. The van der Waals surface area contributed by atoms with E-state index >= 15 is 0 Å². The smallest absolute Gasteiger partial charge is 0.257 e. The van der Waals surface area contributed by atoms with Crippen molar-refractivity contribution in [3.8, 4) is 11.5 Å². The standard InChI is InChI=1S/C21H15N3O3S/c1-13-5-2-3-6-15(13)18(25)19-17(16-7-4-12-27-16)23-21(28-19)24-20(26)14-8-10-22-11-9-14/h2-12H,1H3,(H,23,24,26). The van der Waals surface area contributed by atoms with Crippen molar-refractivity contribution in [1.82, 2.24) is 9.97 Å². The number of ketones is 1. The fourth-order valence-electron chi connectivity index (χ4n) is 2.73. The number of benzene rings is 1. The Balaban J connectivity index is 1.73. The van der Waals surface area contributed by atoms with E-state index in [-0.39, 0.29) is 11.7 Å². The number of aryl methyl sites for hydroxylation is 1. The molecule has 0 saturated carbocycles. The molecule has 1 N–H and O–H groups in total. The number of rotatable bonds is 5. The summed E-state index contributed by atoms with van der Waals surface area (Å²) in [6, 6.07) is 14.0. The summed E-state index contributed by atoms with van der Waals surface area (Å²) >= 11 is 1.12. The topological polar surface area (TPSA) is 85.1 Å². The summed E-state index contributed by atoms with van der Waals surface area (Å²) in [7, 11) is 0. The molecule has 138 valence electrons. The van der Waals surface area contributed by atoms with Gasteiger partial charge in [-0.15, -0.1) is 0 Å². The summed E-state index contributed by atoms with van der Waals surface area (Å²) in [6.07, 6.45) is 4.60. The summed E-state index contributed by atoms with van der Waals surface area (Å²) in [5, 5.41) is 3.07. The van der Waals surface area contributed by atoms with Crippen LogP contribution in [0.3, 0.4) is 0 Å². The van der Waals surface area contributed by atoms with Crippen molar-refractivity contribution < 1.29 is 14.0 Å². The molecular formula is C21H15N3O3S. The first-order chi connectivity index (χ1) is 13.6. The van der Waals surface area contributed by atoms with Gasteiger partial charge in [0, 0.05) is 23.5 Å². The van der Waals surface area contributed by atoms with E-state index in [1.165, 1.54) is 18.7 Å². The van der Waals surface area contributed by atoms with Gasteiger partial charge >= 0.3 is 0 Å². The summed E-state index contributed by atoms with van der Waals surface area (Å²) < 4.78 is 5.45. The Labute approximate surface area is 164 Å². The van der Waals surface area contributed by atoms with Crippen LogP contribution in [0.4, 0.5) is 5.13 Å². The third-order valence-corrected chi connectivity index (χ3v) is 5.11. The normalized spacial score (nSPS) is 10.6. The number of thiazole rings is 1. The Hall–Kier alpha value is -3.58. The van der Waals surface area contributed by atoms with Gasteiger partial charge in [-0.1, -0.05) is 35.6 Å². The number of pyridine rings is 1. The van der Waals surface area contributed by atoms with E-state index in [1.807, 2.05) is 25.1 Å². The Bertz CT molecular complexity index is 1130. The summed E-state index contributed by atoms with van der Waals surface area (Å²) in [5.74, 6) is -0.0129. The molecule has 0 bridgehead atoms. The lowest BCUT2D eigenvalue weighted by molar-refractivity contribution is 0.102. The van der Waals surface area contributed by atoms with Crippen molar-refractivity contribution >= 4 is 28.2 Å². The molecule has 0 spiro atoms. The summed E-state index contributed by atoms with van der Waals surface area (Å²) in [4.78, 5) is 34.4. The van der Waals surface area contributed by atoms with Gasteiger partial charge in [-0.2, -0.15) is 0 Å². The first kappa shape index (κ1) is 17.8. The summed E-state index contributed by atoms with van der Waals surface area (Å²) in [6.45, 7) is 1.88. The van der Waals surface area contributed by atoms with E-state index in [0.717, 1.165) is 16.9 Å². The molecule has 7 heteroatoms. The van der Waals surface area contributed by atoms with Crippen molar-refractivity contribution in [3.05, 3.63) is 88.8 Å². The minimum absolute atomic E-state index is 0.161. The number of hydrogen-bond donors (Lipinski definition) is 1. The molecule has 1 aromatic carbocycles. The van der Waals surface area contributed by atoms with E-state index in [4.69, 9.17) is 4.42 Å². The van der Waals surface area contributed by atoms with Gasteiger partial charge in [0.05, 0.1) is 6.26 Å². The molecule has 0 fully saturated rings. The summed E-state index contributed by atoms with van der Waals surface area (Å²) in [5.41, 5.74) is 2.32. The van der Waals surface area contributed by atoms with Crippen LogP contribution in [0.15, 0.2) is 71.6 Å². The molecule has 0 atom stereocenters. The molecule has 1 amide bonds. The highest BCUT2D eigenvalue weighted by Crippen LogP contribution is 2.34. The number of carbonyl (C=O) groups is 2. The number of nitrogens with one attached hydrogen (secondary N) is 1. The molecule has 0 radical (unpaired) electrons. The maximum atomic E-state index is 13.2. The third kappa shape index (κ3) is 3.47. The van der Waals surface area contributed by atoms with E-state index in [2.05, 4.69) is 15.3 Å². The van der Waals surface area contributed by atoms with Gasteiger partial charge in [-0.3, -0.25) is 19.9 Å². The monoisotopic (exact) mass is 389 g/mol. The molecule has 28 heavy (non-hydrogen) atoms. The second kappa shape index (κ2) is 7.58. The highest BCUT2D eigenvalue weighted by atomic mass is 32.1. The lowest BCUT2D eigenvalue weighted by Crippen LogP contribution is -2.11. The zero-order valence-electron chi connectivity index (χ0n) is 14.9. The average Bonchev–Trinajstić information content (AvgIpc) is 3.38. The minimum atomic E-state index is -0.322. The molecule has 0 aliphatic rings. The Morgan fingerprint density at radius 1 is 1.04 bits per heavy atom. The molecule has 0 saturated heterocycles. The fraction of sp³-hybridized carbons (Fsp3) is 0.0476. The number of amides is 1. The van der Waals surface area contributed by atoms with Crippen molar-refractivity contribution in [2.75, 3.05) is 5.32 Å². The Kier molecular flexibility index (Phi) is 4.82. The first-order valence-electron chi connectivity index (χ1n) is 8.50. The highest BCUT2D eigenvalue weighted by molar-refractivity contribution is 7.18. The van der Waals surface area contributed by atoms with Crippen LogP contribution in [0.25, 0.3) is 11.5 Å². The van der Waals surface area contributed by atoms with Gasteiger partial charge in [0.25, 0.3) is 5.91 Å². The number of aromatic nitrogens is 2. The number of carbonyl (C=O) groups excluding carboxylic acids is 2. The van der Waals surface area contributed by atoms with Crippen LogP contribution in [0.1, 0.15) is 31.2 Å². The van der Waals surface area contributed by atoms with Gasteiger partial charge < -0.3 is 4.42 Å². The predicted octanol–water partition coefficient (Wildman–Crippen LogP) is 4.59. The third-order valence-electron chi connectivity index (χ3n) is 4.14. The molecule has 3 aromatic heterocycles. The number of anilines is 1. The first-order valence-corrected chi connectivity index (χ1v) is 9.31. The Morgan fingerprint density at radius 2 is 1.82 bits per heavy atom. The average molecular weight is 389 g/mol. The largest absolute Gasteiger partial charge is 0.463 e. The van der Waals surface area contributed by atoms with Crippen molar-refractivity contribution in [2.45, 2.75) is 6.92 Å².